The van der Waals surface area contributed by atoms with Crippen molar-refractivity contribution in [1.82, 2.24) is 0 Å². The molecule has 2 aliphatic rings. The van der Waals surface area contributed by atoms with Crippen molar-refractivity contribution in [1.29, 1.82) is 0 Å². The largest absolute Gasteiger partial charge is 0.507 e. The third kappa shape index (κ3) is 4.29. The van der Waals surface area contributed by atoms with Crippen molar-refractivity contribution in [2.24, 2.45) is 0 Å². The van der Waals surface area contributed by atoms with Crippen LogP contribution in [0.4, 0.5) is 0 Å². The fourth-order valence-corrected chi connectivity index (χ4v) is 6.17. The molecule has 12 heteroatoms. The SMILES string of the molecule is Cc1c(O)cc(O)c2c1O[C@H](c1ccc(O)c(O)c1)[C@H](O)[C@H]2c1c(O)cc2c(c1O)C(C)[C@@H](O)[C@@H](c1ccc(O)c(O)c1)O2. The topological polar surface area (TPSA) is 221 Å². The molecule has 44 heavy (non-hydrogen) atoms. The van der Waals surface area contributed by atoms with Gasteiger partial charge in [0.25, 0.3) is 0 Å². The molecule has 0 saturated carbocycles. The van der Waals surface area contributed by atoms with Gasteiger partial charge in [0.1, 0.15) is 46.7 Å². The molecule has 0 fully saturated rings. The first-order valence-electron chi connectivity index (χ1n) is 13.7. The number of aliphatic hydroxyl groups is 2. The second-order valence-electron chi connectivity index (χ2n) is 11.2. The van der Waals surface area contributed by atoms with E-state index in [1.807, 2.05) is 0 Å². The molecule has 230 valence electrons. The van der Waals surface area contributed by atoms with Crippen LogP contribution in [0.3, 0.4) is 0 Å². The van der Waals surface area contributed by atoms with Gasteiger partial charge in [0.15, 0.2) is 35.2 Å². The number of fused-ring (bicyclic) bond motifs is 2. The first kappa shape index (κ1) is 28.9. The average molecular weight is 607 g/mol. The van der Waals surface area contributed by atoms with E-state index in [4.69, 9.17) is 9.47 Å². The lowest BCUT2D eigenvalue weighted by Crippen LogP contribution is -2.36. The van der Waals surface area contributed by atoms with Crippen molar-refractivity contribution in [3.63, 3.8) is 0 Å². The van der Waals surface area contributed by atoms with E-state index in [0.717, 1.165) is 6.07 Å². The summed E-state index contributed by atoms with van der Waals surface area (Å²) in [6.07, 6.45) is -5.22. The number of rotatable bonds is 3. The minimum Gasteiger partial charge on any atom is -0.507 e. The summed E-state index contributed by atoms with van der Waals surface area (Å²) in [5.41, 5.74) is 0.542. The highest BCUT2D eigenvalue weighted by Crippen LogP contribution is 2.58. The Kier molecular flexibility index (Phi) is 6.71. The van der Waals surface area contributed by atoms with E-state index in [1.165, 1.54) is 49.4 Å². The zero-order valence-corrected chi connectivity index (χ0v) is 23.4. The number of hydrogen-bond acceptors (Lipinski definition) is 12. The van der Waals surface area contributed by atoms with Gasteiger partial charge in [0.05, 0.1) is 5.92 Å². The molecule has 12 nitrogen and oxygen atoms in total. The molecular formula is C32H30O12. The van der Waals surface area contributed by atoms with E-state index >= 15 is 0 Å². The fraction of sp³-hybridized carbons (Fsp3) is 0.250. The van der Waals surface area contributed by atoms with Crippen LogP contribution >= 0.6 is 0 Å². The number of phenolic OH excluding ortho intramolecular Hbond substituents is 8. The Balaban J connectivity index is 1.52. The van der Waals surface area contributed by atoms with E-state index in [-0.39, 0.29) is 50.8 Å². The van der Waals surface area contributed by atoms with E-state index in [0.29, 0.717) is 5.56 Å². The number of benzene rings is 4. The van der Waals surface area contributed by atoms with Crippen molar-refractivity contribution in [3.8, 4) is 57.5 Å². The lowest BCUT2D eigenvalue weighted by atomic mass is 9.76. The maximum atomic E-state index is 11.7. The van der Waals surface area contributed by atoms with Gasteiger partial charge in [-0.15, -0.1) is 0 Å². The van der Waals surface area contributed by atoms with Crippen LogP contribution in [0.15, 0.2) is 48.5 Å². The fourth-order valence-electron chi connectivity index (χ4n) is 6.17. The molecule has 0 saturated heterocycles. The standard InChI is InChI=1S/C32H30O12/c1-11-17(35)9-20(38)25-26(29(42)32(44-30(11)25)14-4-6-16(34)19(37)8-14)24-21(39)10-22-23(28(24)41)12(2)27(40)31(43-22)13-3-5-15(33)18(36)7-13/h3-10,12,26-27,29,31-42H,1-2H3/t12?,26-,27+,29+,31+,32+/m0/s1. The summed E-state index contributed by atoms with van der Waals surface area (Å²) in [5, 5.41) is 107. The quantitative estimate of drug-likeness (QED) is 0.150. The van der Waals surface area contributed by atoms with Gasteiger partial charge in [0.2, 0.25) is 0 Å². The first-order valence-corrected chi connectivity index (χ1v) is 13.7. The van der Waals surface area contributed by atoms with Gasteiger partial charge in [-0.1, -0.05) is 19.1 Å². The molecule has 1 unspecified atom stereocenters. The minimum atomic E-state index is -1.62. The number of phenols is 8. The first-order chi connectivity index (χ1) is 20.8. The number of hydrogen-bond donors (Lipinski definition) is 10. The molecular weight excluding hydrogens is 576 g/mol. The molecule has 0 aliphatic carbocycles. The second-order valence-corrected chi connectivity index (χ2v) is 11.2. The summed E-state index contributed by atoms with van der Waals surface area (Å²) in [6.45, 7) is 3.11. The van der Waals surface area contributed by atoms with Gasteiger partial charge in [0, 0.05) is 40.3 Å². The summed E-state index contributed by atoms with van der Waals surface area (Å²) < 4.78 is 12.0. The average Bonchev–Trinajstić information content (AvgIpc) is 2.97. The Morgan fingerprint density at radius 2 is 1.09 bits per heavy atom. The van der Waals surface area contributed by atoms with Crippen LogP contribution in [0.1, 0.15) is 64.3 Å². The number of aromatic hydroxyl groups is 8. The van der Waals surface area contributed by atoms with E-state index in [1.54, 1.807) is 6.92 Å². The van der Waals surface area contributed by atoms with Crippen molar-refractivity contribution in [2.45, 2.75) is 50.1 Å². The molecule has 4 aromatic carbocycles. The smallest absolute Gasteiger partial charge is 0.157 e. The monoisotopic (exact) mass is 606 g/mol. The summed E-state index contributed by atoms with van der Waals surface area (Å²) in [4.78, 5) is 0. The van der Waals surface area contributed by atoms with E-state index in [2.05, 4.69) is 0 Å². The Morgan fingerprint density at radius 1 is 0.545 bits per heavy atom. The Morgan fingerprint density at radius 3 is 1.66 bits per heavy atom. The maximum absolute atomic E-state index is 11.7. The van der Waals surface area contributed by atoms with Crippen molar-refractivity contribution < 1.29 is 60.5 Å². The molecule has 4 aromatic rings. The van der Waals surface area contributed by atoms with Crippen LogP contribution in [0.2, 0.25) is 0 Å². The Labute approximate surface area is 250 Å². The third-order valence-corrected chi connectivity index (χ3v) is 8.54. The van der Waals surface area contributed by atoms with Crippen LogP contribution in [0.25, 0.3) is 0 Å². The van der Waals surface area contributed by atoms with Crippen molar-refractivity contribution >= 4 is 0 Å². The van der Waals surface area contributed by atoms with Crippen molar-refractivity contribution in [2.75, 3.05) is 0 Å². The molecule has 10 N–H and O–H groups in total. The molecule has 0 radical (unpaired) electrons. The molecule has 2 heterocycles. The van der Waals surface area contributed by atoms with Gasteiger partial charge in [-0.05, 0) is 42.3 Å². The lowest BCUT2D eigenvalue weighted by molar-refractivity contribution is 0.000547. The van der Waals surface area contributed by atoms with Crippen LogP contribution in [-0.4, -0.2) is 63.3 Å². The molecule has 2 aliphatic heterocycles. The molecule has 0 bridgehead atoms. The highest BCUT2D eigenvalue weighted by molar-refractivity contribution is 5.67. The Bertz CT molecular complexity index is 1800. The van der Waals surface area contributed by atoms with Gasteiger partial charge < -0.3 is 60.5 Å². The van der Waals surface area contributed by atoms with Crippen LogP contribution < -0.4 is 9.47 Å². The van der Waals surface area contributed by atoms with Gasteiger partial charge >= 0.3 is 0 Å². The van der Waals surface area contributed by atoms with Crippen molar-refractivity contribution in [3.05, 3.63) is 81.9 Å². The maximum Gasteiger partial charge on any atom is 0.157 e. The zero-order chi connectivity index (χ0) is 31.8. The lowest BCUT2D eigenvalue weighted by Gasteiger charge is -2.40. The van der Waals surface area contributed by atoms with E-state index in [9.17, 15) is 51.1 Å². The van der Waals surface area contributed by atoms with Gasteiger partial charge in [-0.2, -0.15) is 0 Å². The highest BCUT2D eigenvalue weighted by Gasteiger charge is 2.47. The summed E-state index contributed by atoms with van der Waals surface area (Å²) in [5.74, 6) is -5.82. The minimum absolute atomic E-state index is 0.00648. The summed E-state index contributed by atoms with van der Waals surface area (Å²) >= 11 is 0. The predicted molar refractivity (Wildman–Crippen MR) is 153 cm³/mol. The van der Waals surface area contributed by atoms with Gasteiger partial charge in [-0.25, -0.2) is 0 Å². The number of ether oxygens (including phenoxy) is 2. The Hall–Kier alpha value is -5.20. The second kappa shape index (κ2) is 10.2. The summed E-state index contributed by atoms with van der Waals surface area (Å²) in [7, 11) is 0. The number of aliphatic hydroxyl groups excluding tert-OH is 2. The van der Waals surface area contributed by atoms with Crippen LogP contribution in [0.5, 0.6) is 57.5 Å². The van der Waals surface area contributed by atoms with Crippen LogP contribution in [0, 0.1) is 6.92 Å². The summed E-state index contributed by atoms with van der Waals surface area (Å²) in [6, 6.07) is 9.91. The predicted octanol–water partition coefficient (Wildman–Crippen LogP) is 3.86. The molecule has 6 atom stereocenters. The van der Waals surface area contributed by atoms with E-state index < -0.39 is 70.7 Å². The highest BCUT2D eigenvalue weighted by atomic mass is 16.5. The van der Waals surface area contributed by atoms with Crippen LogP contribution in [-0.2, 0) is 0 Å². The molecule has 0 spiro atoms. The molecule has 6 rings (SSSR count). The van der Waals surface area contributed by atoms with Gasteiger partial charge in [-0.3, -0.25) is 0 Å². The molecule has 0 amide bonds. The zero-order valence-electron chi connectivity index (χ0n) is 23.4. The normalized spacial score (nSPS) is 24.1. The molecule has 0 aromatic heterocycles. The third-order valence-electron chi connectivity index (χ3n) is 8.54.